The molecule has 0 unspecified atom stereocenters. The molecule has 0 atom stereocenters. The molecule has 0 saturated heterocycles. The Kier molecular flexibility index (Phi) is 5.91. The van der Waals surface area contributed by atoms with Gasteiger partial charge in [0.2, 0.25) is 0 Å². The maximum absolute atomic E-state index is 12.5. The zero-order valence-corrected chi connectivity index (χ0v) is 17.1. The molecule has 0 bridgehead atoms. The molecule has 1 fully saturated rings. The van der Waals surface area contributed by atoms with E-state index in [-0.39, 0.29) is 35.3 Å². The number of thiazole rings is 1. The number of anilines is 1. The predicted octanol–water partition coefficient (Wildman–Crippen LogP) is 2.24. The molecule has 4 rings (SSSR count). The average molecular weight is 426 g/mol. The lowest BCUT2D eigenvalue weighted by Crippen LogP contribution is -2.39. The van der Waals surface area contributed by atoms with Crippen LogP contribution in [0.25, 0.3) is 10.2 Å². The van der Waals surface area contributed by atoms with Gasteiger partial charge in [-0.25, -0.2) is 9.97 Å². The molecule has 0 radical (unpaired) electrons. The van der Waals surface area contributed by atoms with Crippen LogP contribution in [0, 0.1) is 0 Å². The second-order valence-corrected chi connectivity index (χ2v) is 8.49. The fourth-order valence-electron chi connectivity index (χ4n) is 3.54. The Morgan fingerprint density at radius 1 is 1.07 bits per heavy atom. The van der Waals surface area contributed by atoms with Gasteiger partial charge in [0, 0.05) is 12.6 Å². The van der Waals surface area contributed by atoms with E-state index in [1.54, 1.807) is 18.2 Å². The van der Waals surface area contributed by atoms with Crippen LogP contribution >= 0.6 is 11.3 Å². The summed E-state index contributed by atoms with van der Waals surface area (Å²) in [6, 6.07) is 10.5. The number of rotatable bonds is 5. The Morgan fingerprint density at radius 2 is 1.80 bits per heavy atom. The predicted molar refractivity (Wildman–Crippen MR) is 115 cm³/mol. The van der Waals surface area contributed by atoms with Crippen molar-refractivity contribution in [2.24, 2.45) is 0 Å². The molecule has 156 valence electrons. The lowest BCUT2D eigenvalue weighted by Gasteiger charge is -2.26. The Bertz CT molecular complexity index is 1080. The smallest absolute Gasteiger partial charge is 0.270 e. The third-order valence-corrected chi connectivity index (χ3v) is 6.02. The highest BCUT2D eigenvalue weighted by atomic mass is 32.1. The highest BCUT2D eigenvalue weighted by Crippen LogP contribution is 2.24. The van der Waals surface area contributed by atoms with E-state index in [1.165, 1.54) is 11.3 Å². The van der Waals surface area contributed by atoms with Crippen LogP contribution in [0.3, 0.4) is 0 Å². The Hall–Kier alpha value is -3.04. The lowest BCUT2D eigenvalue weighted by molar-refractivity contribution is 0.0863. The summed E-state index contributed by atoms with van der Waals surface area (Å²) in [5, 5.41) is 15.9. The van der Waals surface area contributed by atoms with Gasteiger partial charge in [0.05, 0.1) is 16.3 Å². The van der Waals surface area contributed by atoms with Crippen molar-refractivity contribution in [2.45, 2.75) is 44.4 Å². The van der Waals surface area contributed by atoms with Crippen LogP contribution in [0.1, 0.15) is 52.2 Å². The fourth-order valence-corrected chi connectivity index (χ4v) is 4.33. The number of nitrogens with one attached hydrogen (secondary N) is 2. The zero-order valence-electron chi connectivity index (χ0n) is 16.3. The highest BCUT2D eigenvalue weighted by molar-refractivity contribution is 7.22. The van der Waals surface area contributed by atoms with Crippen molar-refractivity contribution in [1.82, 2.24) is 20.6 Å². The molecular weight excluding hydrogens is 402 g/mol. The number of nitrogen functional groups attached to an aromatic ring is 1. The van der Waals surface area contributed by atoms with E-state index >= 15 is 0 Å². The lowest BCUT2D eigenvalue weighted by atomic mass is 9.93. The first-order valence-corrected chi connectivity index (χ1v) is 10.7. The van der Waals surface area contributed by atoms with E-state index < -0.39 is 0 Å². The van der Waals surface area contributed by atoms with Gasteiger partial charge in [-0.15, -0.1) is 0 Å². The number of fused-ring (bicyclic) bond motifs is 1. The summed E-state index contributed by atoms with van der Waals surface area (Å²) >= 11 is 1.40. The number of amides is 2. The van der Waals surface area contributed by atoms with Crippen LogP contribution < -0.4 is 16.4 Å². The number of carbonyl (C=O) groups is 2. The summed E-state index contributed by atoms with van der Waals surface area (Å²) < 4.78 is 0.964. The van der Waals surface area contributed by atoms with E-state index in [2.05, 4.69) is 20.6 Å². The van der Waals surface area contributed by atoms with Crippen molar-refractivity contribution in [3.8, 4) is 0 Å². The first-order valence-electron chi connectivity index (χ1n) is 9.87. The second-order valence-electron chi connectivity index (χ2n) is 7.42. The van der Waals surface area contributed by atoms with Crippen LogP contribution in [0.15, 0.2) is 36.4 Å². The minimum Gasteiger partial charge on any atom is -0.393 e. The summed E-state index contributed by atoms with van der Waals surface area (Å²) in [5.74, 6) is -0.659. The molecule has 1 aromatic carbocycles. The minimum absolute atomic E-state index is 0.0240. The van der Waals surface area contributed by atoms with Gasteiger partial charge in [-0.2, -0.15) is 0 Å². The first-order chi connectivity index (χ1) is 14.5. The summed E-state index contributed by atoms with van der Waals surface area (Å²) in [6.45, 7) is 0.328. The standard InChI is InChI=1S/C21H23N5O3S/c22-21-26-15-9-4-12(10-18(15)30-21)11-23-19(28)16-2-1-3-17(25-16)20(29)24-13-5-7-14(27)8-6-13/h1-4,9-10,13-14,27H,5-8,11H2,(H2,22,26)(H,23,28)(H,24,29)/t13-,14-. The summed E-state index contributed by atoms with van der Waals surface area (Å²) in [5.41, 5.74) is 7.87. The number of aromatic nitrogens is 2. The highest BCUT2D eigenvalue weighted by Gasteiger charge is 2.22. The summed E-state index contributed by atoms with van der Waals surface area (Å²) in [7, 11) is 0. The molecule has 0 spiro atoms. The number of carbonyl (C=O) groups excluding carboxylic acids is 2. The second kappa shape index (κ2) is 8.76. The molecular formula is C21H23N5O3S. The molecule has 2 heterocycles. The van der Waals surface area contributed by atoms with Crippen LogP contribution in [-0.4, -0.2) is 39.0 Å². The van der Waals surface area contributed by atoms with Crippen LogP contribution in [-0.2, 0) is 6.54 Å². The quantitative estimate of drug-likeness (QED) is 0.496. The Morgan fingerprint density at radius 3 is 2.57 bits per heavy atom. The topological polar surface area (TPSA) is 130 Å². The number of aliphatic hydroxyl groups excluding tert-OH is 1. The number of nitrogens with zero attached hydrogens (tertiary/aromatic N) is 2. The largest absolute Gasteiger partial charge is 0.393 e. The minimum atomic E-state index is -0.352. The molecule has 3 aromatic rings. The van der Waals surface area contributed by atoms with Crippen molar-refractivity contribution in [3.05, 3.63) is 53.3 Å². The van der Waals surface area contributed by atoms with Gasteiger partial charge in [-0.05, 0) is 55.5 Å². The van der Waals surface area contributed by atoms with E-state index in [1.807, 2.05) is 18.2 Å². The van der Waals surface area contributed by atoms with Crippen LogP contribution in [0.4, 0.5) is 5.13 Å². The fraction of sp³-hybridized carbons (Fsp3) is 0.333. The van der Waals surface area contributed by atoms with Gasteiger partial charge in [0.1, 0.15) is 11.4 Å². The van der Waals surface area contributed by atoms with Gasteiger partial charge < -0.3 is 21.5 Å². The van der Waals surface area contributed by atoms with Gasteiger partial charge in [-0.3, -0.25) is 9.59 Å². The molecule has 5 N–H and O–H groups in total. The third-order valence-electron chi connectivity index (χ3n) is 5.17. The van der Waals surface area contributed by atoms with Gasteiger partial charge in [0.25, 0.3) is 11.8 Å². The number of pyridine rings is 1. The Balaban J connectivity index is 1.37. The van der Waals surface area contributed by atoms with Crippen molar-refractivity contribution in [1.29, 1.82) is 0 Å². The van der Waals surface area contributed by atoms with E-state index in [9.17, 15) is 14.7 Å². The van der Waals surface area contributed by atoms with E-state index in [0.717, 1.165) is 28.6 Å². The molecule has 1 aliphatic rings. The number of aliphatic hydroxyl groups is 1. The maximum atomic E-state index is 12.5. The van der Waals surface area contributed by atoms with Gasteiger partial charge in [0.15, 0.2) is 5.13 Å². The number of hydrogen-bond acceptors (Lipinski definition) is 7. The molecule has 2 amide bonds. The monoisotopic (exact) mass is 425 g/mol. The molecule has 0 aliphatic heterocycles. The number of hydrogen-bond donors (Lipinski definition) is 4. The molecule has 30 heavy (non-hydrogen) atoms. The molecule has 1 aliphatic carbocycles. The molecule has 2 aromatic heterocycles. The van der Waals surface area contributed by atoms with Crippen LogP contribution in [0.2, 0.25) is 0 Å². The SMILES string of the molecule is Nc1nc2ccc(CNC(=O)c3cccc(C(=O)N[C@H]4CC[C@H](O)CC4)n3)cc2s1. The van der Waals surface area contributed by atoms with Gasteiger partial charge >= 0.3 is 0 Å². The zero-order chi connectivity index (χ0) is 21.1. The Labute approximate surface area is 177 Å². The van der Waals surface area contributed by atoms with Crippen molar-refractivity contribution >= 4 is 38.5 Å². The number of benzene rings is 1. The van der Waals surface area contributed by atoms with Crippen molar-refractivity contribution < 1.29 is 14.7 Å². The van der Waals surface area contributed by atoms with Gasteiger partial charge in [-0.1, -0.05) is 23.5 Å². The summed E-state index contributed by atoms with van der Waals surface area (Å²) in [4.78, 5) is 33.5. The number of nitrogens with two attached hydrogens (primary N) is 1. The first kappa shape index (κ1) is 20.2. The third kappa shape index (κ3) is 4.74. The average Bonchev–Trinajstić information content (AvgIpc) is 3.13. The molecule has 1 saturated carbocycles. The van der Waals surface area contributed by atoms with Crippen molar-refractivity contribution in [3.63, 3.8) is 0 Å². The van der Waals surface area contributed by atoms with Crippen LogP contribution in [0.5, 0.6) is 0 Å². The van der Waals surface area contributed by atoms with E-state index in [4.69, 9.17) is 5.73 Å². The normalized spacial score (nSPS) is 18.8. The maximum Gasteiger partial charge on any atom is 0.270 e. The van der Waals surface area contributed by atoms with Crippen molar-refractivity contribution in [2.75, 3.05) is 5.73 Å². The summed E-state index contributed by atoms with van der Waals surface area (Å²) in [6.07, 6.45) is 2.56. The molecule has 8 nitrogen and oxygen atoms in total. The van der Waals surface area contributed by atoms with E-state index in [0.29, 0.717) is 24.5 Å². The molecule has 9 heteroatoms.